The van der Waals surface area contributed by atoms with Gasteiger partial charge < -0.3 is 25.4 Å². The maximum Gasteiger partial charge on any atom is 0.410 e. The molecule has 1 aromatic carbocycles. The van der Waals surface area contributed by atoms with Crippen molar-refractivity contribution in [2.24, 2.45) is 0 Å². The molecule has 1 atom stereocenters. The lowest BCUT2D eigenvalue weighted by molar-refractivity contribution is 0.0123. The highest BCUT2D eigenvalue weighted by Crippen LogP contribution is 2.31. The lowest BCUT2D eigenvalue weighted by Gasteiger charge is -2.33. The van der Waals surface area contributed by atoms with E-state index < -0.39 is 22.2 Å². The van der Waals surface area contributed by atoms with E-state index in [0.29, 0.717) is 30.8 Å². The molecule has 9 nitrogen and oxygen atoms in total. The van der Waals surface area contributed by atoms with Crippen LogP contribution in [0.2, 0.25) is 0 Å². The van der Waals surface area contributed by atoms with Gasteiger partial charge in [-0.05, 0) is 39.0 Å². The van der Waals surface area contributed by atoms with E-state index >= 15 is 0 Å². The number of aromatic nitrogens is 2. The number of carbonyl (C=O) groups is 1. The zero-order valence-corrected chi connectivity index (χ0v) is 19.4. The van der Waals surface area contributed by atoms with Crippen molar-refractivity contribution >= 4 is 34.1 Å². The highest BCUT2D eigenvalue weighted by atomic mass is 32.2. The molecule has 0 aliphatic carbocycles. The van der Waals surface area contributed by atoms with Crippen molar-refractivity contribution < 1.29 is 22.9 Å². The molecule has 32 heavy (non-hydrogen) atoms. The fourth-order valence-corrected chi connectivity index (χ4v) is 3.65. The van der Waals surface area contributed by atoms with Gasteiger partial charge >= 0.3 is 6.09 Å². The number of anilines is 3. The van der Waals surface area contributed by atoms with Crippen LogP contribution >= 0.6 is 0 Å². The quantitative estimate of drug-likeness (QED) is 0.689. The first kappa shape index (κ1) is 23.7. The summed E-state index contributed by atoms with van der Waals surface area (Å²) in [6.45, 7) is 6.47. The number of benzene rings is 1. The Labute approximate surface area is 189 Å². The van der Waals surface area contributed by atoms with Crippen molar-refractivity contribution in [3.63, 3.8) is 0 Å². The van der Waals surface area contributed by atoms with Gasteiger partial charge in [-0.3, -0.25) is 4.21 Å². The summed E-state index contributed by atoms with van der Waals surface area (Å²) < 4.78 is 37.2. The molecule has 0 spiro atoms. The number of amides is 1. The van der Waals surface area contributed by atoms with E-state index in [1.165, 1.54) is 24.7 Å². The molecule has 1 unspecified atom stereocenters. The molecule has 1 aromatic heterocycles. The number of rotatable bonds is 5. The monoisotopic (exact) mass is 465 g/mol. The Bertz CT molecular complexity index is 1010. The molecule has 1 aliphatic heterocycles. The van der Waals surface area contributed by atoms with Crippen LogP contribution in [0.15, 0.2) is 29.4 Å². The molecule has 3 N–H and O–H groups in total. The van der Waals surface area contributed by atoms with Gasteiger partial charge in [0.1, 0.15) is 29.5 Å². The number of nitrogen functional groups attached to an aromatic ring is 1. The molecule has 2 heterocycles. The van der Waals surface area contributed by atoms with Crippen molar-refractivity contribution in [1.82, 2.24) is 14.9 Å². The molecule has 3 rings (SSSR count). The Morgan fingerprint density at radius 1 is 1.28 bits per heavy atom. The van der Waals surface area contributed by atoms with E-state index in [2.05, 4.69) is 15.3 Å². The maximum atomic E-state index is 14.4. The minimum atomic E-state index is -1.29. The largest absolute Gasteiger partial charge is 0.473 e. The average molecular weight is 466 g/mol. The Morgan fingerprint density at radius 2 is 1.97 bits per heavy atom. The van der Waals surface area contributed by atoms with Gasteiger partial charge in [-0.1, -0.05) is 0 Å². The minimum Gasteiger partial charge on any atom is -0.473 e. The lowest BCUT2D eigenvalue weighted by atomic mass is 10.1. The fourth-order valence-electron chi connectivity index (χ4n) is 3.12. The number of hydrogen-bond donors (Lipinski definition) is 2. The van der Waals surface area contributed by atoms with E-state index in [1.54, 1.807) is 11.0 Å². The van der Waals surface area contributed by atoms with Crippen LogP contribution in [0.4, 0.5) is 26.4 Å². The van der Waals surface area contributed by atoms with Crippen LogP contribution in [0.5, 0.6) is 5.88 Å². The second-order valence-electron chi connectivity index (χ2n) is 8.45. The number of nitrogens with two attached hydrogens (primary N) is 1. The van der Waals surface area contributed by atoms with Crippen LogP contribution < -0.4 is 15.8 Å². The van der Waals surface area contributed by atoms with Gasteiger partial charge in [-0.2, -0.15) is 4.98 Å². The molecule has 11 heteroatoms. The Kier molecular flexibility index (Phi) is 7.17. The van der Waals surface area contributed by atoms with Crippen LogP contribution in [0, 0.1) is 5.82 Å². The molecule has 0 radical (unpaired) electrons. The van der Waals surface area contributed by atoms with Crippen molar-refractivity contribution in [3.8, 4) is 5.88 Å². The van der Waals surface area contributed by atoms with E-state index in [0.717, 1.165) is 0 Å². The third-order valence-corrected chi connectivity index (χ3v) is 5.66. The first-order chi connectivity index (χ1) is 15.0. The van der Waals surface area contributed by atoms with Gasteiger partial charge in [-0.25, -0.2) is 14.2 Å². The fraction of sp³-hybridized carbons (Fsp3) is 0.476. The van der Waals surface area contributed by atoms with E-state index in [1.807, 2.05) is 20.8 Å². The topological polar surface area (TPSA) is 120 Å². The average Bonchev–Trinajstić information content (AvgIpc) is 2.71. The van der Waals surface area contributed by atoms with Crippen molar-refractivity contribution in [2.45, 2.75) is 50.2 Å². The molecule has 174 valence electrons. The van der Waals surface area contributed by atoms with Crippen LogP contribution in [0.25, 0.3) is 0 Å². The van der Waals surface area contributed by atoms with Gasteiger partial charge in [0.25, 0.3) is 0 Å². The number of hydrogen-bond acceptors (Lipinski definition) is 8. The van der Waals surface area contributed by atoms with Crippen molar-refractivity contribution in [2.75, 3.05) is 30.4 Å². The van der Waals surface area contributed by atoms with E-state index in [-0.39, 0.29) is 35.3 Å². The standard InChI is InChI=1S/C21H28FN5O4S/c1-21(2,3)31-20(28)27-9-7-13(8-10-27)30-19-17(23)18(24-12-25-19)26-16-6-5-14(32(4)29)11-15(16)22/h5-6,11-13H,7-10,23H2,1-4H3,(H,24,25,26). The third kappa shape index (κ3) is 6.06. The number of piperidine rings is 1. The smallest absolute Gasteiger partial charge is 0.410 e. The lowest BCUT2D eigenvalue weighted by Crippen LogP contribution is -2.44. The summed E-state index contributed by atoms with van der Waals surface area (Å²) in [4.78, 5) is 22.4. The molecule has 0 saturated carbocycles. The molecule has 1 amide bonds. The number of nitrogens with zero attached hydrogens (tertiary/aromatic N) is 3. The zero-order chi connectivity index (χ0) is 23.5. The molecular weight excluding hydrogens is 437 g/mol. The summed E-state index contributed by atoms with van der Waals surface area (Å²) in [6, 6.07) is 4.24. The summed E-state index contributed by atoms with van der Waals surface area (Å²) in [5.41, 5.74) is 5.89. The molecular formula is C21H28FN5O4S. The van der Waals surface area contributed by atoms with Gasteiger partial charge in [0.15, 0.2) is 5.82 Å². The third-order valence-electron chi connectivity index (χ3n) is 4.74. The first-order valence-electron chi connectivity index (χ1n) is 10.2. The summed E-state index contributed by atoms with van der Waals surface area (Å²) in [5.74, 6) is -0.192. The van der Waals surface area contributed by atoms with Crippen LogP contribution in [0.3, 0.4) is 0 Å². The van der Waals surface area contributed by atoms with Gasteiger partial charge in [-0.15, -0.1) is 0 Å². The molecule has 0 bridgehead atoms. The summed E-state index contributed by atoms with van der Waals surface area (Å²) in [6.07, 6.45) is 3.41. The van der Waals surface area contributed by atoms with E-state index in [9.17, 15) is 13.4 Å². The number of nitrogens with one attached hydrogen (secondary N) is 1. The zero-order valence-electron chi connectivity index (χ0n) is 18.6. The van der Waals surface area contributed by atoms with Crippen molar-refractivity contribution in [3.05, 3.63) is 30.3 Å². The predicted molar refractivity (Wildman–Crippen MR) is 120 cm³/mol. The summed E-state index contributed by atoms with van der Waals surface area (Å²) in [7, 11) is -1.29. The molecule has 1 fully saturated rings. The van der Waals surface area contributed by atoms with E-state index in [4.69, 9.17) is 15.2 Å². The predicted octanol–water partition coefficient (Wildman–Crippen LogP) is 3.46. The Morgan fingerprint density at radius 3 is 2.56 bits per heavy atom. The number of likely N-dealkylation sites (tertiary alicyclic amines) is 1. The highest BCUT2D eigenvalue weighted by molar-refractivity contribution is 7.84. The van der Waals surface area contributed by atoms with Crippen molar-refractivity contribution in [1.29, 1.82) is 0 Å². The summed E-state index contributed by atoms with van der Waals surface area (Å²) >= 11 is 0. The SMILES string of the molecule is CS(=O)c1ccc(Nc2ncnc(OC3CCN(C(=O)OC(C)(C)C)CC3)c2N)c(F)c1. The number of halogens is 1. The highest BCUT2D eigenvalue weighted by Gasteiger charge is 2.28. The Balaban J connectivity index is 1.63. The summed E-state index contributed by atoms with van der Waals surface area (Å²) in [5, 5.41) is 2.83. The normalized spacial score (nSPS) is 15.8. The number of ether oxygens (including phenoxy) is 2. The van der Waals surface area contributed by atoms with Gasteiger partial charge in [0.05, 0.1) is 5.69 Å². The second-order valence-corrected chi connectivity index (χ2v) is 9.83. The minimum absolute atomic E-state index is 0.140. The maximum absolute atomic E-state index is 14.4. The molecule has 2 aromatic rings. The van der Waals surface area contributed by atoms with Crippen LogP contribution in [-0.4, -0.2) is 56.2 Å². The second kappa shape index (κ2) is 9.68. The molecule has 1 aliphatic rings. The molecule has 1 saturated heterocycles. The number of carbonyl (C=O) groups excluding carboxylic acids is 1. The first-order valence-corrected chi connectivity index (χ1v) is 11.7. The van der Waals surface area contributed by atoms with Crippen LogP contribution in [-0.2, 0) is 15.5 Å². The van der Waals surface area contributed by atoms with Gasteiger partial charge in [0.2, 0.25) is 5.88 Å². The van der Waals surface area contributed by atoms with Gasteiger partial charge in [0, 0.05) is 47.9 Å². The van der Waals surface area contributed by atoms with Crippen LogP contribution in [0.1, 0.15) is 33.6 Å². The Hall–Kier alpha value is -2.95.